The first kappa shape index (κ1) is 16.8. The van der Waals surface area contributed by atoms with Crippen molar-refractivity contribution >= 4 is 29.3 Å². The zero-order chi connectivity index (χ0) is 16.1. The number of carbonyl (C=O) groups is 1. The summed E-state index contributed by atoms with van der Waals surface area (Å²) < 4.78 is 1.59. The van der Waals surface area contributed by atoms with E-state index in [1.54, 1.807) is 16.8 Å². The van der Waals surface area contributed by atoms with Crippen LogP contribution < -0.4 is 5.32 Å². The molecule has 1 N–H and O–H groups in total. The number of nitrogens with zero attached hydrogens (tertiary/aromatic N) is 4. The van der Waals surface area contributed by atoms with Gasteiger partial charge in [-0.15, -0.1) is 5.10 Å². The third-order valence-corrected chi connectivity index (χ3v) is 4.13. The molecule has 0 fully saturated rings. The van der Waals surface area contributed by atoms with Crippen molar-refractivity contribution in [2.45, 2.75) is 31.2 Å². The molecule has 1 atom stereocenters. The predicted octanol–water partition coefficient (Wildman–Crippen LogP) is 2.57. The van der Waals surface area contributed by atoms with E-state index in [1.165, 1.54) is 11.8 Å². The lowest BCUT2D eigenvalue weighted by Crippen LogP contribution is -2.33. The fourth-order valence-corrected chi connectivity index (χ4v) is 2.61. The Morgan fingerprint density at radius 2 is 2.00 bits per heavy atom. The first-order valence-corrected chi connectivity index (χ1v) is 8.22. The summed E-state index contributed by atoms with van der Waals surface area (Å²) in [6.45, 7) is 6.60. The molecular weight excluding hydrogens is 322 g/mol. The van der Waals surface area contributed by atoms with Crippen LogP contribution in [0.25, 0.3) is 5.69 Å². The van der Waals surface area contributed by atoms with Gasteiger partial charge < -0.3 is 5.32 Å². The third-order valence-electron chi connectivity index (χ3n) is 2.85. The fraction of sp³-hybridized carbons (Fsp3) is 0.429. The van der Waals surface area contributed by atoms with Crippen LogP contribution in [0.1, 0.15) is 20.8 Å². The lowest BCUT2D eigenvalue weighted by atomic mass is 10.2. The van der Waals surface area contributed by atoms with Crippen LogP contribution in [0.5, 0.6) is 0 Å². The number of rotatable bonds is 6. The van der Waals surface area contributed by atoms with Gasteiger partial charge in [-0.05, 0) is 47.5 Å². The van der Waals surface area contributed by atoms with E-state index in [9.17, 15) is 4.79 Å². The van der Waals surface area contributed by atoms with E-state index < -0.39 is 0 Å². The fourth-order valence-electron chi connectivity index (χ4n) is 1.66. The van der Waals surface area contributed by atoms with Crippen LogP contribution in [-0.2, 0) is 4.79 Å². The molecule has 0 aliphatic carbocycles. The van der Waals surface area contributed by atoms with E-state index in [4.69, 9.17) is 11.6 Å². The highest BCUT2D eigenvalue weighted by molar-refractivity contribution is 8.00. The number of hydrogen-bond acceptors (Lipinski definition) is 5. The molecule has 0 spiro atoms. The molecule has 0 saturated carbocycles. The van der Waals surface area contributed by atoms with Crippen LogP contribution >= 0.6 is 23.4 Å². The maximum atomic E-state index is 12.0. The molecule has 1 heterocycles. The molecule has 0 radical (unpaired) electrons. The predicted molar refractivity (Wildman–Crippen MR) is 87.3 cm³/mol. The quantitative estimate of drug-likeness (QED) is 0.819. The van der Waals surface area contributed by atoms with Crippen molar-refractivity contribution in [3.63, 3.8) is 0 Å². The minimum Gasteiger partial charge on any atom is -0.355 e. The number of halogens is 1. The maximum Gasteiger partial charge on any atom is 0.233 e. The number of tetrazole rings is 1. The normalized spacial score (nSPS) is 12.4. The molecule has 8 heteroatoms. The largest absolute Gasteiger partial charge is 0.355 e. The smallest absolute Gasteiger partial charge is 0.233 e. The van der Waals surface area contributed by atoms with E-state index in [0.29, 0.717) is 22.6 Å². The Hall–Kier alpha value is -1.60. The molecule has 1 aromatic heterocycles. The highest BCUT2D eigenvalue weighted by Crippen LogP contribution is 2.23. The molecule has 22 heavy (non-hydrogen) atoms. The lowest BCUT2D eigenvalue weighted by Gasteiger charge is -2.12. The second-order valence-corrected chi connectivity index (χ2v) is 6.99. The summed E-state index contributed by atoms with van der Waals surface area (Å²) in [5.41, 5.74) is 0.798. The third kappa shape index (κ3) is 4.45. The molecule has 1 aromatic carbocycles. The highest BCUT2D eigenvalue weighted by atomic mass is 35.5. The van der Waals surface area contributed by atoms with Crippen molar-refractivity contribution in [1.82, 2.24) is 25.5 Å². The zero-order valence-corrected chi connectivity index (χ0v) is 14.2. The first-order valence-electron chi connectivity index (χ1n) is 6.96. The van der Waals surface area contributed by atoms with Crippen molar-refractivity contribution < 1.29 is 4.79 Å². The molecule has 6 nitrogen and oxygen atoms in total. The molecule has 1 unspecified atom stereocenters. The number of nitrogens with one attached hydrogen (secondary N) is 1. The number of thioether (sulfide) groups is 1. The van der Waals surface area contributed by atoms with Crippen molar-refractivity contribution in [1.29, 1.82) is 0 Å². The lowest BCUT2D eigenvalue weighted by molar-refractivity contribution is -0.120. The summed E-state index contributed by atoms with van der Waals surface area (Å²) in [6, 6.07) is 7.19. The summed E-state index contributed by atoms with van der Waals surface area (Å²) in [5.74, 6) is 0.393. The first-order chi connectivity index (χ1) is 10.5. The number of aromatic nitrogens is 4. The Balaban J connectivity index is 2.06. The second kappa shape index (κ2) is 7.60. The van der Waals surface area contributed by atoms with Crippen LogP contribution in [0.4, 0.5) is 0 Å². The van der Waals surface area contributed by atoms with Crippen molar-refractivity contribution in [3.05, 3.63) is 29.3 Å². The topological polar surface area (TPSA) is 72.7 Å². The molecule has 0 bridgehead atoms. The van der Waals surface area contributed by atoms with E-state index >= 15 is 0 Å². The van der Waals surface area contributed by atoms with Gasteiger partial charge in [-0.3, -0.25) is 4.79 Å². The van der Waals surface area contributed by atoms with E-state index in [-0.39, 0.29) is 11.2 Å². The van der Waals surface area contributed by atoms with Gasteiger partial charge in [0.2, 0.25) is 11.1 Å². The monoisotopic (exact) mass is 339 g/mol. The van der Waals surface area contributed by atoms with Gasteiger partial charge in [0.1, 0.15) is 0 Å². The summed E-state index contributed by atoms with van der Waals surface area (Å²) in [6.07, 6.45) is 0. The summed E-state index contributed by atoms with van der Waals surface area (Å²) >= 11 is 7.20. The van der Waals surface area contributed by atoms with Gasteiger partial charge in [-0.2, -0.15) is 4.68 Å². The summed E-state index contributed by atoms with van der Waals surface area (Å²) in [4.78, 5) is 12.0. The molecule has 0 aliphatic heterocycles. The Labute approximate surface area is 138 Å². The molecule has 2 rings (SSSR count). The minimum atomic E-state index is -0.282. The van der Waals surface area contributed by atoms with Gasteiger partial charge in [-0.1, -0.05) is 37.2 Å². The number of benzene rings is 1. The van der Waals surface area contributed by atoms with E-state index in [2.05, 4.69) is 34.7 Å². The van der Waals surface area contributed by atoms with Crippen LogP contribution in [0.2, 0.25) is 5.02 Å². The Bertz CT molecular complexity index is 628. The van der Waals surface area contributed by atoms with Crippen LogP contribution in [0, 0.1) is 5.92 Å². The van der Waals surface area contributed by atoms with E-state index in [0.717, 1.165) is 5.69 Å². The van der Waals surface area contributed by atoms with Gasteiger partial charge >= 0.3 is 0 Å². The van der Waals surface area contributed by atoms with Crippen LogP contribution in [0.3, 0.4) is 0 Å². The average molecular weight is 340 g/mol. The van der Waals surface area contributed by atoms with Gasteiger partial charge in [0.15, 0.2) is 0 Å². The summed E-state index contributed by atoms with van der Waals surface area (Å²) in [7, 11) is 0. The van der Waals surface area contributed by atoms with Gasteiger partial charge in [0.05, 0.1) is 10.9 Å². The number of carbonyl (C=O) groups excluding carboxylic acids is 1. The number of hydrogen-bond donors (Lipinski definition) is 1. The summed E-state index contributed by atoms with van der Waals surface area (Å²) in [5, 5.41) is 15.5. The SMILES string of the molecule is CC(C)CNC(=O)C(C)Sc1nnnn1-c1ccc(Cl)cc1. The molecular formula is C14H18ClN5OS. The van der Waals surface area contributed by atoms with Gasteiger partial charge in [0.25, 0.3) is 0 Å². The van der Waals surface area contributed by atoms with Crippen molar-refractivity contribution in [2.75, 3.05) is 6.54 Å². The minimum absolute atomic E-state index is 0.0237. The van der Waals surface area contributed by atoms with Crippen molar-refractivity contribution in [2.24, 2.45) is 5.92 Å². The van der Waals surface area contributed by atoms with Crippen LogP contribution in [-0.4, -0.2) is 37.9 Å². The molecule has 1 amide bonds. The molecule has 0 aliphatic rings. The highest BCUT2D eigenvalue weighted by Gasteiger charge is 2.19. The van der Waals surface area contributed by atoms with Crippen molar-refractivity contribution in [3.8, 4) is 5.69 Å². The zero-order valence-electron chi connectivity index (χ0n) is 12.7. The maximum absolute atomic E-state index is 12.0. The average Bonchev–Trinajstić information content (AvgIpc) is 2.93. The second-order valence-electron chi connectivity index (χ2n) is 5.25. The Morgan fingerprint density at radius 3 is 2.64 bits per heavy atom. The van der Waals surface area contributed by atoms with E-state index in [1.807, 2.05) is 19.1 Å². The molecule has 0 saturated heterocycles. The molecule has 118 valence electrons. The van der Waals surface area contributed by atoms with Gasteiger partial charge in [-0.25, -0.2) is 0 Å². The Kier molecular flexibility index (Phi) is 5.79. The Morgan fingerprint density at radius 1 is 1.32 bits per heavy atom. The standard InChI is InChI=1S/C14H18ClN5OS/c1-9(2)8-16-13(21)10(3)22-14-17-18-19-20(14)12-6-4-11(15)5-7-12/h4-7,9-10H,8H2,1-3H3,(H,16,21). The molecule has 2 aromatic rings. The van der Waals surface area contributed by atoms with Gasteiger partial charge in [0, 0.05) is 11.6 Å². The van der Waals surface area contributed by atoms with Crippen LogP contribution in [0.15, 0.2) is 29.4 Å². The number of amides is 1.